The van der Waals surface area contributed by atoms with Gasteiger partial charge in [-0.1, -0.05) is 0 Å². The molecule has 32 heavy (non-hydrogen) atoms. The minimum Gasteiger partial charge on any atom is -0.497 e. The standard InChI is InChI=1S/C25H20N4O3/c1-31-13-4-6-18-15(10-13)21-22-17(12-27-25(22)30)20-16-11-14(32-2)5-7-19(16)29(9-3-8-26)24(20)23(21)28-18/h4-7,10-11,28H,3,9,12H2,1-2H3,(H,27,30). The summed E-state index contributed by atoms with van der Waals surface area (Å²) in [6.07, 6.45) is 0.384. The molecule has 0 aliphatic carbocycles. The Labute approximate surface area is 183 Å². The average molecular weight is 424 g/mol. The van der Waals surface area contributed by atoms with E-state index in [9.17, 15) is 10.1 Å². The van der Waals surface area contributed by atoms with Gasteiger partial charge >= 0.3 is 0 Å². The van der Waals surface area contributed by atoms with Crippen molar-refractivity contribution >= 4 is 49.5 Å². The van der Waals surface area contributed by atoms with Crippen LogP contribution in [0.5, 0.6) is 11.5 Å². The predicted octanol–water partition coefficient (Wildman–Crippen LogP) is 4.60. The van der Waals surface area contributed by atoms with Gasteiger partial charge < -0.3 is 24.3 Å². The number of aromatic amines is 1. The van der Waals surface area contributed by atoms with E-state index in [4.69, 9.17) is 9.47 Å². The Kier molecular flexibility index (Phi) is 3.87. The normalized spacial score (nSPS) is 13.1. The van der Waals surface area contributed by atoms with Crippen LogP contribution < -0.4 is 14.8 Å². The van der Waals surface area contributed by atoms with Gasteiger partial charge in [-0.3, -0.25) is 4.79 Å². The first-order valence-electron chi connectivity index (χ1n) is 10.5. The summed E-state index contributed by atoms with van der Waals surface area (Å²) in [7, 11) is 3.29. The molecule has 1 aliphatic rings. The maximum atomic E-state index is 13.0. The second-order valence-corrected chi connectivity index (χ2v) is 7.99. The van der Waals surface area contributed by atoms with Crippen molar-refractivity contribution in [1.29, 1.82) is 5.26 Å². The van der Waals surface area contributed by atoms with Crippen molar-refractivity contribution in [3.05, 3.63) is 47.5 Å². The maximum Gasteiger partial charge on any atom is 0.252 e. The number of nitriles is 1. The van der Waals surface area contributed by atoms with Crippen molar-refractivity contribution in [2.75, 3.05) is 14.2 Å². The van der Waals surface area contributed by atoms with E-state index < -0.39 is 0 Å². The van der Waals surface area contributed by atoms with Gasteiger partial charge in [0.1, 0.15) is 11.5 Å². The number of aryl methyl sites for hydroxylation is 1. The molecule has 3 aromatic carbocycles. The highest BCUT2D eigenvalue weighted by molar-refractivity contribution is 6.30. The van der Waals surface area contributed by atoms with Crippen LogP contribution in [0.2, 0.25) is 0 Å². The maximum absolute atomic E-state index is 13.0. The van der Waals surface area contributed by atoms with Crippen LogP contribution >= 0.6 is 0 Å². The van der Waals surface area contributed by atoms with Gasteiger partial charge in [0.2, 0.25) is 0 Å². The molecular formula is C25H20N4O3. The molecule has 0 atom stereocenters. The molecule has 0 unspecified atom stereocenters. The lowest BCUT2D eigenvalue weighted by atomic mass is 9.97. The molecule has 158 valence electrons. The Morgan fingerprint density at radius 3 is 2.56 bits per heavy atom. The number of benzene rings is 3. The summed E-state index contributed by atoms with van der Waals surface area (Å²) in [5.74, 6) is 1.42. The molecule has 7 nitrogen and oxygen atoms in total. The monoisotopic (exact) mass is 424 g/mol. The second kappa shape index (κ2) is 6.66. The van der Waals surface area contributed by atoms with Crippen LogP contribution in [-0.2, 0) is 13.1 Å². The Morgan fingerprint density at radius 1 is 1.06 bits per heavy atom. The Balaban J connectivity index is 1.89. The van der Waals surface area contributed by atoms with Crippen molar-refractivity contribution in [2.24, 2.45) is 0 Å². The second-order valence-electron chi connectivity index (χ2n) is 7.99. The van der Waals surface area contributed by atoms with E-state index in [-0.39, 0.29) is 5.91 Å². The van der Waals surface area contributed by atoms with Gasteiger partial charge in [0.25, 0.3) is 5.91 Å². The van der Waals surface area contributed by atoms with Crippen molar-refractivity contribution in [2.45, 2.75) is 19.5 Å². The van der Waals surface area contributed by atoms with E-state index in [0.717, 1.165) is 60.7 Å². The molecule has 2 aromatic heterocycles. The molecule has 7 heteroatoms. The third kappa shape index (κ3) is 2.32. The van der Waals surface area contributed by atoms with Gasteiger partial charge in [-0.15, -0.1) is 0 Å². The summed E-state index contributed by atoms with van der Waals surface area (Å²) in [4.78, 5) is 16.6. The molecule has 5 aromatic rings. The van der Waals surface area contributed by atoms with Crippen LogP contribution in [-0.4, -0.2) is 29.7 Å². The molecule has 2 N–H and O–H groups in total. The minimum atomic E-state index is -0.0727. The number of H-pyrrole nitrogens is 1. The number of nitrogens with zero attached hydrogens (tertiary/aromatic N) is 2. The van der Waals surface area contributed by atoms with Gasteiger partial charge in [0, 0.05) is 45.7 Å². The molecule has 0 radical (unpaired) electrons. The van der Waals surface area contributed by atoms with E-state index in [2.05, 4.69) is 20.9 Å². The Morgan fingerprint density at radius 2 is 1.81 bits per heavy atom. The van der Waals surface area contributed by atoms with Crippen LogP contribution in [0.4, 0.5) is 0 Å². The molecule has 0 saturated heterocycles. The molecule has 1 amide bonds. The molecule has 1 aliphatic heterocycles. The van der Waals surface area contributed by atoms with Crippen LogP contribution in [0.15, 0.2) is 36.4 Å². The van der Waals surface area contributed by atoms with E-state index in [1.54, 1.807) is 14.2 Å². The van der Waals surface area contributed by atoms with E-state index in [0.29, 0.717) is 25.1 Å². The van der Waals surface area contributed by atoms with E-state index >= 15 is 0 Å². The zero-order chi connectivity index (χ0) is 22.0. The number of aromatic nitrogens is 2. The van der Waals surface area contributed by atoms with Gasteiger partial charge in [-0.25, -0.2) is 0 Å². The minimum absolute atomic E-state index is 0.0727. The first-order chi connectivity index (χ1) is 15.7. The third-order valence-electron chi connectivity index (χ3n) is 6.47. The molecule has 0 fully saturated rings. The average Bonchev–Trinajstić information content (AvgIpc) is 3.48. The number of carbonyl (C=O) groups excluding carboxylic acids is 1. The van der Waals surface area contributed by atoms with Crippen LogP contribution in [0.25, 0.3) is 43.6 Å². The number of rotatable bonds is 4. The van der Waals surface area contributed by atoms with Gasteiger partial charge in [-0.2, -0.15) is 5.26 Å². The smallest absolute Gasteiger partial charge is 0.252 e. The molecule has 0 saturated carbocycles. The third-order valence-corrected chi connectivity index (χ3v) is 6.47. The van der Waals surface area contributed by atoms with Crippen LogP contribution in [0.3, 0.4) is 0 Å². The van der Waals surface area contributed by atoms with Crippen molar-refractivity contribution < 1.29 is 14.3 Å². The van der Waals surface area contributed by atoms with E-state index in [1.165, 1.54) is 0 Å². The first kappa shape index (κ1) is 18.6. The summed E-state index contributed by atoms with van der Waals surface area (Å²) in [6, 6.07) is 14.1. The summed E-state index contributed by atoms with van der Waals surface area (Å²) in [5.41, 5.74) is 5.53. The largest absolute Gasteiger partial charge is 0.497 e. The summed E-state index contributed by atoms with van der Waals surface area (Å²) < 4.78 is 13.1. The van der Waals surface area contributed by atoms with Gasteiger partial charge in [-0.05, 0) is 42.0 Å². The van der Waals surface area contributed by atoms with Gasteiger partial charge in [0.15, 0.2) is 0 Å². The number of nitrogens with one attached hydrogen (secondary N) is 2. The predicted molar refractivity (Wildman–Crippen MR) is 123 cm³/mol. The number of ether oxygens (including phenoxy) is 2. The number of hydrogen-bond acceptors (Lipinski definition) is 4. The lowest BCUT2D eigenvalue weighted by molar-refractivity contribution is 0.0967. The number of amides is 1. The van der Waals surface area contributed by atoms with Crippen molar-refractivity contribution in [3.63, 3.8) is 0 Å². The zero-order valence-electron chi connectivity index (χ0n) is 17.7. The van der Waals surface area contributed by atoms with Crippen molar-refractivity contribution in [3.8, 4) is 17.6 Å². The fraction of sp³-hybridized carbons (Fsp3) is 0.200. The summed E-state index contributed by atoms with van der Waals surface area (Å²) in [5, 5.41) is 16.2. The van der Waals surface area contributed by atoms with Gasteiger partial charge in [0.05, 0.1) is 43.3 Å². The fourth-order valence-corrected chi connectivity index (χ4v) is 5.12. The molecular weight excluding hydrogens is 404 g/mol. The fourth-order valence-electron chi connectivity index (χ4n) is 5.12. The number of fused-ring (bicyclic) bond motifs is 10. The van der Waals surface area contributed by atoms with Crippen molar-refractivity contribution in [1.82, 2.24) is 14.9 Å². The van der Waals surface area contributed by atoms with Crippen LogP contribution in [0.1, 0.15) is 22.3 Å². The molecule has 6 rings (SSSR count). The quantitative estimate of drug-likeness (QED) is 0.441. The lowest BCUT2D eigenvalue weighted by Crippen LogP contribution is -2.12. The number of hydrogen-bond donors (Lipinski definition) is 2. The Hall–Kier alpha value is -4.18. The summed E-state index contributed by atoms with van der Waals surface area (Å²) in [6.45, 7) is 1.02. The lowest BCUT2D eigenvalue weighted by Gasteiger charge is -2.08. The topological polar surface area (TPSA) is 92.1 Å². The zero-order valence-corrected chi connectivity index (χ0v) is 17.7. The molecule has 0 bridgehead atoms. The number of methoxy groups -OCH3 is 2. The first-order valence-corrected chi connectivity index (χ1v) is 10.5. The molecule has 0 spiro atoms. The SMILES string of the molecule is COc1ccc2[nH]c3c(c4c(c5c6cc(OC)ccc6n(CCC#N)c35)CNC4=O)c2c1. The van der Waals surface area contributed by atoms with E-state index in [1.807, 2.05) is 36.4 Å². The highest BCUT2D eigenvalue weighted by atomic mass is 16.5. The number of carbonyl (C=O) groups is 1. The summed E-state index contributed by atoms with van der Waals surface area (Å²) >= 11 is 0. The molecule has 3 heterocycles. The van der Waals surface area contributed by atoms with Crippen LogP contribution in [0, 0.1) is 11.3 Å². The highest BCUT2D eigenvalue weighted by Crippen LogP contribution is 2.44. The highest BCUT2D eigenvalue weighted by Gasteiger charge is 2.30. The Bertz CT molecular complexity index is 1630.